The predicted octanol–water partition coefficient (Wildman–Crippen LogP) is 5.79. The Kier molecular flexibility index (Phi) is 5.29. The molecule has 154 valence electrons. The highest BCUT2D eigenvalue weighted by atomic mass is 32.2. The van der Waals surface area contributed by atoms with Crippen LogP contribution in [0.5, 0.6) is 0 Å². The van der Waals surface area contributed by atoms with Crippen molar-refractivity contribution >= 4 is 56.9 Å². The van der Waals surface area contributed by atoms with Crippen molar-refractivity contribution in [2.45, 2.75) is 11.8 Å². The first kappa shape index (κ1) is 19.9. The Morgan fingerprint density at radius 1 is 1.03 bits per heavy atom. The lowest BCUT2D eigenvalue weighted by atomic mass is 10.2. The van der Waals surface area contributed by atoms with E-state index in [9.17, 15) is 4.79 Å². The molecule has 1 fully saturated rings. The van der Waals surface area contributed by atoms with Gasteiger partial charge in [-0.15, -0.1) is 0 Å². The SMILES string of the molecule is CCN1/C(=C\C=C2/SC(=Nc3cccc4ncccc34)N(C)C2=O)Sc2ccccc21. The number of allylic oxidation sites excluding steroid dienone is 2. The summed E-state index contributed by atoms with van der Waals surface area (Å²) in [5, 5.41) is 2.76. The van der Waals surface area contributed by atoms with Crippen molar-refractivity contribution in [1.29, 1.82) is 0 Å². The average Bonchev–Trinajstić information content (AvgIpc) is 3.29. The third kappa shape index (κ3) is 3.64. The van der Waals surface area contributed by atoms with Crippen LogP contribution in [-0.4, -0.2) is 34.6 Å². The summed E-state index contributed by atoms with van der Waals surface area (Å²) in [6.07, 6.45) is 5.72. The van der Waals surface area contributed by atoms with E-state index in [1.54, 1.807) is 29.9 Å². The van der Waals surface area contributed by atoms with E-state index < -0.39 is 0 Å². The van der Waals surface area contributed by atoms with Crippen LogP contribution < -0.4 is 4.90 Å². The lowest BCUT2D eigenvalue weighted by Crippen LogP contribution is -2.23. The number of carbonyl (C=O) groups excluding carboxylic acids is 1. The molecule has 0 unspecified atom stereocenters. The van der Waals surface area contributed by atoms with Crippen LogP contribution in [0.4, 0.5) is 11.4 Å². The lowest BCUT2D eigenvalue weighted by Gasteiger charge is -2.17. The number of benzene rings is 2. The van der Waals surface area contributed by atoms with Crippen LogP contribution in [0.3, 0.4) is 0 Å². The van der Waals surface area contributed by atoms with Crippen LogP contribution in [0.2, 0.25) is 0 Å². The molecule has 0 atom stereocenters. The van der Waals surface area contributed by atoms with E-state index >= 15 is 0 Å². The number of anilines is 1. The van der Waals surface area contributed by atoms with Crippen molar-refractivity contribution < 1.29 is 4.79 Å². The molecule has 0 saturated carbocycles. The van der Waals surface area contributed by atoms with Gasteiger partial charge in [-0.05, 0) is 67.2 Å². The summed E-state index contributed by atoms with van der Waals surface area (Å²) in [6.45, 7) is 3.01. The van der Waals surface area contributed by atoms with E-state index in [1.165, 1.54) is 22.3 Å². The van der Waals surface area contributed by atoms with E-state index in [4.69, 9.17) is 4.99 Å². The quantitative estimate of drug-likeness (QED) is 0.479. The smallest absolute Gasteiger partial charge is 0.266 e. The molecule has 3 aromatic rings. The number of likely N-dealkylation sites (N-methyl/N-ethyl adjacent to an activating group) is 1. The van der Waals surface area contributed by atoms with Crippen molar-refractivity contribution in [2.24, 2.45) is 4.99 Å². The summed E-state index contributed by atoms with van der Waals surface area (Å²) in [6, 6.07) is 18.1. The average molecular weight is 445 g/mol. The van der Waals surface area contributed by atoms with Gasteiger partial charge in [-0.2, -0.15) is 0 Å². The molecule has 5 nitrogen and oxygen atoms in total. The number of fused-ring (bicyclic) bond motifs is 2. The molecule has 31 heavy (non-hydrogen) atoms. The fraction of sp³-hybridized carbons (Fsp3) is 0.125. The summed E-state index contributed by atoms with van der Waals surface area (Å²) >= 11 is 3.13. The molecule has 3 heterocycles. The van der Waals surface area contributed by atoms with E-state index in [1.807, 2.05) is 42.5 Å². The standard InChI is InChI=1S/C24H20N4OS2/c1-3-28-19-11-4-5-12-20(19)30-22(28)14-13-21-23(29)27(2)24(31-21)26-18-10-6-9-17-16(18)8-7-15-25-17/h4-15H,3H2,1-2H3/b21-13-,22-14+,26-24?. The van der Waals surface area contributed by atoms with Crippen molar-refractivity contribution in [3.8, 4) is 0 Å². The van der Waals surface area contributed by atoms with Gasteiger partial charge < -0.3 is 4.90 Å². The number of hydrogen-bond acceptors (Lipinski definition) is 6. The maximum atomic E-state index is 12.8. The second kappa shape index (κ2) is 8.24. The zero-order chi connectivity index (χ0) is 21.4. The molecule has 5 rings (SSSR count). The molecule has 1 saturated heterocycles. The molecule has 2 aliphatic heterocycles. The lowest BCUT2D eigenvalue weighted by molar-refractivity contribution is -0.121. The molecular weight excluding hydrogens is 424 g/mol. The van der Waals surface area contributed by atoms with Crippen molar-refractivity contribution in [2.75, 3.05) is 18.5 Å². The Bertz CT molecular complexity index is 1280. The minimum Gasteiger partial charge on any atom is -0.335 e. The minimum absolute atomic E-state index is 0.0393. The van der Waals surface area contributed by atoms with Gasteiger partial charge in [0.25, 0.3) is 5.91 Å². The molecule has 1 amide bonds. The summed E-state index contributed by atoms with van der Waals surface area (Å²) in [7, 11) is 1.77. The molecule has 1 aromatic heterocycles. The van der Waals surface area contributed by atoms with E-state index in [2.05, 4.69) is 41.1 Å². The van der Waals surface area contributed by atoms with Gasteiger partial charge in [0.1, 0.15) is 0 Å². The highest BCUT2D eigenvalue weighted by Crippen LogP contribution is 2.45. The maximum Gasteiger partial charge on any atom is 0.266 e. The molecule has 0 N–H and O–H groups in total. The second-order valence-corrected chi connectivity index (χ2v) is 9.13. The first-order valence-electron chi connectivity index (χ1n) is 10.0. The van der Waals surface area contributed by atoms with Crippen LogP contribution in [0.15, 0.2) is 92.8 Å². The van der Waals surface area contributed by atoms with Crippen LogP contribution in [-0.2, 0) is 4.79 Å². The molecule has 2 aromatic carbocycles. The van der Waals surface area contributed by atoms with Gasteiger partial charge in [-0.3, -0.25) is 14.7 Å². The van der Waals surface area contributed by atoms with Crippen LogP contribution in [0.1, 0.15) is 6.92 Å². The molecule has 2 aliphatic rings. The van der Waals surface area contributed by atoms with Crippen LogP contribution in [0, 0.1) is 0 Å². The molecule has 0 radical (unpaired) electrons. The summed E-state index contributed by atoms with van der Waals surface area (Å²) < 4.78 is 0. The van der Waals surface area contributed by atoms with Gasteiger partial charge in [-0.1, -0.05) is 30.0 Å². The number of para-hydroxylation sites is 1. The number of nitrogens with zero attached hydrogens (tertiary/aromatic N) is 4. The third-order valence-electron chi connectivity index (χ3n) is 5.17. The number of thioether (sulfide) groups is 2. The summed E-state index contributed by atoms with van der Waals surface area (Å²) in [4.78, 5) is 27.8. The Labute approximate surface area is 189 Å². The van der Waals surface area contributed by atoms with Gasteiger partial charge >= 0.3 is 0 Å². The van der Waals surface area contributed by atoms with Gasteiger partial charge in [-0.25, -0.2) is 4.99 Å². The molecule has 0 aliphatic carbocycles. The monoisotopic (exact) mass is 444 g/mol. The maximum absolute atomic E-state index is 12.8. The fourth-order valence-corrected chi connectivity index (χ4v) is 5.65. The summed E-state index contributed by atoms with van der Waals surface area (Å²) in [5.41, 5.74) is 2.92. The van der Waals surface area contributed by atoms with Crippen molar-refractivity contribution in [1.82, 2.24) is 9.88 Å². The molecule has 0 bridgehead atoms. The van der Waals surface area contributed by atoms with Gasteiger partial charge in [0, 0.05) is 30.1 Å². The summed E-state index contributed by atoms with van der Waals surface area (Å²) in [5.74, 6) is -0.0393. The largest absolute Gasteiger partial charge is 0.335 e. The number of aliphatic imine (C=N–C) groups is 1. The normalized spacial score (nSPS) is 19.9. The van der Waals surface area contributed by atoms with Crippen molar-refractivity contribution in [3.63, 3.8) is 0 Å². The number of hydrogen-bond donors (Lipinski definition) is 0. The van der Waals surface area contributed by atoms with E-state index in [-0.39, 0.29) is 5.91 Å². The van der Waals surface area contributed by atoms with Gasteiger partial charge in [0.15, 0.2) is 5.17 Å². The highest BCUT2D eigenvalue weighted by molar-refractivity contribution is 8.18. The zero-order valence-corrected chi connectivity index (χ0v) is 18.8. The number of carbonyl (C=O) groups is 1. The zero-order valence-electron chi connectivity index (χ0n) is 17.1. The highest BCUT2D eigenvalue weighted by Gasteiger charge is 2.30. The minimum atomic E-state index is -0.0393. The molecule has 0 spiro atoms. The fourth-order valence-electron chi connectivity index (χ4n) is 3.60. The number of pyridine rings is 1. The third-order valence-corrected chi connectivity index (χ3v) is 7.38. The topological polar surface area (TPSA) is 48.8 Å². The van der Waals surface area contributed by atoms with E-state index in [0.717, 1.165) is 28.2 Å². The predicted molar refractivity (Wildman–Crippen MR) is 131 cm³/mol. The van der Waals surface area contributed by atoms with Crippen molar-refractivity contribution in [3.05, 3.63) is 82.9 Å². The van der Waals surface area contributed by atoms with E-state index in [0.29, 0.717) is 10.1 Å². The number of amides is 1. The number of amidine groups is 1. The first-order chi connectivity index (χ1) is 15.2. The second-order valence-electron chi connectivity index (χ2n) is 7.06. The van der Waals surface area contributed by atoms with Gasteiger partial charge in [0.05, 0.1) is 26.8 Å². The Balaban J connectivity index is 1.45. The number of rotatable bonds is 3. The van der Waals surface area contributed by atoms with Gasteiger partial charge in [0.2, 0.25) is 0 Å². The molecule has 7 heteroatoms. The van der Waals surface area contributed by atoms with Crippen LogP contribution in [0.25, 0.3) is 10.9 Å². The Morgan fingerprint density at radius 2 is 1.90 bits per heavy atom. The first-order valence-corrected chi connectivity index (χ1v) is 11.6. The van der Waals surface area contributed by atoms with Crippen LogP contribution >= 0.6 is 23.5 Å². The Hall–Kier alpha value is -3.03. The number of aromatic nitrogens is 1. The molecular formula is C24H20N4OS2. The Morgan fingerprint density at radius 3 is 2.77 bits per heavy atom.